The second-order valence-electron chi connectivity index (χ2n) is 15.1. The zero-order chi connectivity index (χ0) is 40.6. The lowest BCUT2D eigenvalue weighted by atomic mass is 9.91. The molecule has 1 atom stereocenters. The summed E-state index contributed by atoms with van der Waals surface area (Å²) in [5, 5.41) is 1.06. The van der Waals surface area contributed by atoms with Crippen molar-refractivity contribution < 1.29 is 47.2 Å². The van der Waals surface area contributed by atoms with Gasteiger partial charge in [-0.05, 0) is 65.6 Å². The normalized spacial score (nSPS) is 12.8. The summed E-state index contributed by atoms with van der Waals surface area (Å²) < 4.78 is 42.3. The second-order valence-corrected chi connectivity index (χ2v) is 15.1. The maximum absolute atomic E-state index is 14.2. The molecule has 1 aliphatic heterocycles. The molecular formula is C43H48N2O11. The van der Waals surface area contributed by atoms with Gasteiger partial charge in [0.15, 0.2) is 34.5 Å². The van der Waals surface area contributed by atoms with Crippen LogP contribution in [-0.2, 0) is 27.3 Å². The fourth-order valence-corrected chi connectivity index (χ4v) is 6.94. The second kappa shape index (κ2) is 16.1. The Hall–Kier alpha value is -5.82. The van der Waals surface area contributed by atoms with Gasteiger partial charge in [0, 0.05) is 47.4 Å². The van der Waals surface area contributed by atoms with E-state index in [1.807, 2.05) is 46.1 Å². The summed E-state index contributed by atoms with van der Waals surface area (Å²) in [6.45, 7) is 11.7. The number of hydrogen-bond donors (Lipinski definition) is 1. The zero-order valence-electron chi connectivity index (χ0n) is 33.2. The molecule has 0 bridgehead atoms. The van der Waals surface area contributed by atoms with Crippen molar-refractivity contribution in [2.45, 2.75) is 73.4 Å². The smallest absolute Gasteiger partial charge is 0.361 e. The number of ether oxygens (including phenoxy) is 6. The van der Waals surface area contributed by atoms with E-state index >= 15 is 0 Å². The van der Waals surface area contributed by atoms with E-state index in [4.69, 9.17) is 38.6 Å². The maximum atomic E-state index is 14.2. The molecule has 0 amide bonds. The van der Waals surface area contributed by atoms with Crippen molar-refractivity contribution in [3.05, 3.63) is 58.4 Å². The minimum Gasteiger partial charge on any atom is -0.493 e. The molecule has 13 nitrogen and oxygen atoms in total. The van der Waals surface area contributed by atoms with Crippen LogP contribution in [0.2, 0.25) is 0 Å². The first-order chi connectivity index (χ1) is 26.6. The van der Waals surface area contributed by atoms with E-state index in [0.29, 0.717) is 57.6 Å². The Kier molecular flexibility index (Phi) is 11.5. The molecule has 0 aliphatic carbocycles. The van der Waals surface area contributed by atoms with Crippen molar-refractivity contribution in [3.8, 4) is 56.9 Å². The molecule has 0 radical (unpaired) electrons. The molecule has 0 saturated heterocycles. The van der Waals surface area contributed by atoms with E-state index < -0.39 is 23.6 Å². The largest absolute Gasteiger partial charge is 0.493 e. The average Bonchev–Trinajstić information content (AvgIpc) is 3.50. The summed E-state index contributed by atoms with van der Waals surface area (Å²) in [7, 11) is 4.43. The van der Waals surface area contributed by atoms with Crippen LogP contribution < -0.4 is 39.8 Å². The molecule has 5 aromatic rings. The van der Waals surface area contributed by atoms with E-state index in [9.17, 15) is 19.2 Å². The predicted molar refractivity (Wildman–Crippen MR) is 211 cm³/mol. The van der Waals surface area contributed by atoms with Gasteiger partial charge in [0.25, 0.3) is 0 Å². The minimum atomic E-state index is -0.849. The van der Waals surface area contributed by atoms with Crippen LogP contribution in [0.5, 0.6) is 34.5 Å². The third-order valence-corrected chi connectivity index (χ3v) is 9.69. The summed E-state index contributed by atoms with van der Waals surface area (Å²) in [5.41, 5.74) is 9.45. The van der Waals surface area contributed by atoms with Crippen molar-refractivity contribution in [2.75, 3.05) is 21.3 Å². The number of aromatic nitrogens is 1. The van der Waals surface area contributed by atoms with Gasteiger partial charge in [0.05, 0.1) is 27.0 Å². The summed E-state index contributed by atoms with van der Waals surface area (Å²) in [6.07, 6.45) is 0.906. The van der Waals surface area contributed by atoms with Crippen LogP contribution in [0.3, 0.4) is 0 Å². The van der Waals surface area contributed by atoms with Gasteiger partial charge in [-0.3, -0.25) is 9.59 Å². The third kappa shape index (κ3) is 7.68. The van der Waals surface area contributed by atoms with E-state index in [2.05, 4.69) is 0 Å². The van der Waals surface area contributed by atoms with Gasteiger partial charge in [-0.25, -0.2) is 9.59 Å². The first-order valence-electron chi connectivity index (χ1n) is 18.6. The third-order valence-electron chi connectivity index (χ3n) is 9.69. The molecule has 3 heterocycles. The highest BCUT2D eigenvalue weighted by atomic mass is 16.6. The number of rotatable bonds is 13. The van der Waals surface area contributed by atoms with Crippen molar-refractivity contribution in [3.63, 3.8) is 0 Å². The van der Waals surface area contributed by atoms with Crippen LogP contribution in [0.1, 0.15) is 59.9 Å². The van der Waals surface area contributed by atoms with E-state index in [1.165, 1.54) is 27.4 Å². The lowest BCUT2D eigenvalue weighted by Gasteiger charge is -2.23. The van der Waals surface area contributed by atoms with E-state index in [-0.39, 0.29) is 65.1 Å². The van der Waals surface area contributed by atoms with Crippen LogP contribution in [0, 0.1) is 17.8 Å². The molecule has 0 saturated carbocycles. The van der Waals surface area contributed by atoms with Crippen LogP contribution >= 0.6 is 0 Å². The molecule has 2 N–H and O–H groups in total. The van der Waals surface area contributed by atoms with Gasteiger partial charge < -0.3 is 43.1 Å². The summed E-state index contributed by atoms with van der Waals surface area (Å²) in [5.74, 6) is -0.00407. The van der Waals surface area contributed by atoms with Crippen molar-refractivity contribution >= 4 is 39.8 Å². The number of fused-ring (bicyclic) bond motifs is 7. The topological polar surface area (TPSA) is 168 Å². The van der Waals surface area contributed by atoms with E-state index in [1.54, 1.807) is 36.4 Å². The van der Waals surface area contributed by atoms with Crippen LogP contribution in [0.4, 0.5) is 0 Å². The maximum Gasteiger partial charge on any atom is 0.361 e. The highest BCUT2D eigenvalue weighted by molar-refractivity contribution is 6.17. The highest BCUT2D eigenvalue weighted by Crippen LogP contribution is 2.50. The van der Waals surface area contributed by atoms with Gasteiger partial charge in [-0.15, -0.1) is 0 Å². The van der Waals surface area contributed by atoms with Gasteiger partial charge in [-0.1, -0.05) is 47.6 Å². The molecule has 3 aromatic carbocycles. The van der Waals surface area contributed by atoms with Crippen molar-refractivity contribution in [2.24, 2.45) is 23.5 Å². The predicted octanol–water partition coefficient (Wildman–Crippen LogP) is 7.46. The number of esters is 3. The number of nitrogens with two attached hydrogens (primary N) is 1. The molecule has 0 fully saturated rings. The SMILES string of the molecule is COc1cc2c(cc1OC(=O)CC(C)C)CCn1c-2c(-c2ccc(OC(=O)[C@@H](N)C(C)C)c(OC)c2)c2c3cc(OC)c(OC(=O)CC(C)C)cc3oc(=O)c21. The molecule has 56 heavy (non-hydrogen) atoms. The number of methoxy groups -OCH3 is 3. The number of nitrogens with zero attached hydrogens (tertiary/aromatic N) is 1. The lowest BCUT2D eigenvalue weighted by molar-refractivity contribution is -0.137. The molecule has 1 aliphatic rings. The fourth-order valence-electron chi connectivity index (χ4n) is 6.94. The van der Waals surface area contributed by atoms with E-state index in [0.717, 1.165) is 11.1 Å². The van der Waals surface area contributed by atoms with Gasteiger partial charge in [-0.2, -0.15) is 0 Å². The Morgan fingerprint density at radius 2 is 1.34 bits per heavy atom. The fraction of sp³-hybridized carbons (Fsp3) is 0.395. The number of carbonyl (C=O) groups excluding carboxylic acids is 3. The summed E-state index contributed by atoms with van der Waals surface area (Å²) in [6, 6.07) is 11.1. The molecule has 6 rings (SSSR count). The molecule has 0 spiro atoms. The van der Waals surface area contributed by atoms with Crippen LogP contribution in [0.15, 0.2) is 51.7 Å². The minimum absolute atomic E-state index is 0.0604. The highest BCUT2D eigenvalue weighted by Gasteiger charge is 2.32. The lowest BCUT2D eigenvalue weighted by Crippen LogP contribution is -2.38. The standard InChI is InChI=1S/C43H48N2O11/c1-21(2)14-35(46)53-33-16-24-12-13-45-40(26(24)18-31(33)51-8)37(25-10-11-28(30(17-25)50-7)55-42(48)39(44)23(5)6)38-27-19-32(52-9)34(54-36(47)15-22(3)4)20-29(27)56-43(49)41(38)45/h10-11,16-23,39H,12-15,44H2,1-9H3/t39-/m0/s1. The zero-order valence-corrected chi connectivity index (χ0v) is 33.2. The van der Waals surface area contributed by atoms with Crippen molar-refractivity contribution in [1.29, 1.82) is 0 Å². The number of aryl methyl sites for hydroxylation is 2. The quantitative estimate of drug-likeness (QED) is 0.0715. The Labute approximate surface area is 324 Å². The Morgan fingerprint density at radius 1 is 0.750 bits per heavy atom. The van der Waals surface area contributed by atoms with Gasteiger partial charge in [0.1, 0.15) is 17.1 Å². The number of benzene rings is 3. The summed E-state index contributed by atoms with van der Waals surface area (Å²) >= 11 is 0. The number of hydrogen-bond acceptors (Lipinski definition) is 12. The van der Waals surface area contributed by atoms with Crippen LogP contribution in [-0.4, -0.2) is 49.8 Å². The molecule has 13 heteroatoms. The average molecular weight is 769 g/mol. The Balaban J connectivity index is 1.64. The first-order valence-corrected chi connectivity index (χ1v) is 18.6. The Bertz CT molecular complexity index is 2400. The molecular weight excluding hydrogens is 720 g/mol. The molecule has 2 aromatic heterocycles. The Morgan fingerprint density at radius 3 is 1.93 bits per heavy atom. The molecule has 296 valence electrons. The van der Waals surface area contributed by atoms with Crippen molar-refractivity contribution in [1.82, 2.24) is 4.57 Å². The first kappa shape index (κ1) is 39.9. The summed E-state index contributed by atoms with van der Waals surface area (Å²) in [4.78, 5) is 52.6. The van der Waals surface area contributed by atoms with Gasteiger partial charge in [0.2, 0.25) is 0 Å². The van der Waals surface area contributed by atoms with Gasteiger partial charge >= 0.3 is 23.5 Å². The molecule has 0 unspecified atom stereocenters. The van der Waals surface area contributed by atoms with Crippen LogP contribution in [0.25, 0.3) is 44.3 Å². The number of carbonyl (C=O) groups is 3. The monoisotopic (exact) mass is 768 g/mol.